The molecule has 0 saturated heterocycles. The van der Waals surface area contributed by atoms with Crippen LogP contribution in [0.5, 0.6) is 5.88 Å². The van der Waals surface area contributed by atoms with Crippen molar-refractivity contribution in [1.82, 2.24) is 4.98 Å². The first-order valence-corrected chi connectivity index (χ1v) is 7.84. The molecule has 0 aromatic carbocycles. The molecule has 0 saturated carbocycles. The monoisotopic (exact) mass is 360 g/mol. The molecule has 102 valence electrons. The lowest BCUT2D eigenvalue weighted by molar-refractivity contribution is 0.234. The van der Waals surface area contributed by atoms with Crippen LogP contribution >= 0.6 is 38.9 Å². The number of thiophene rings is 1. The summed E-state index contributed by atoms with van der Waals surface area (Å²) in [6.07, 6.45) is 1.82. The molecule has 0 aliphatic heterocycles. The summed E-state index contributed by atoms with van der Waals surface area (Å²) in [6.45, 7) is 4.65. The zero-order valence-corrected chi connectivity index (χ0v) is 13.8. The standard InChI is InChI=1S/C13H14BrClN2OS/c1-8(2)18-13-11(4-3-5-16-13)17-7-9-6-10(14)12(15)19-9/h3-6,8,17H,7H2,1-2H3. The molecule has 19 heavy (non-hydrogen) atoms. The summed E-state index contributed by atoms with van der Waals surface area (Å²) in [5.74, 6) is 0.624. The number of pyridine rings is 1. The molecular formula is C13H14BrClN2OS. The van der Waals surface area contributed by atoms with Gasteiger partial charge in [-0.3, -0.25) is 0 Å². The molecule has 0 radical (unpaired) electrons. The molecular weight excluding hydrogens is 348 g/mol. The van der Waals surface area contributed by atoms with Crippen molar-refractivity contribution in [2.75, 3.05) is 5.32 Å². The molecule has 2 aromatic rings. The summed E-state index contributed by atoms with van der Waals surface area (Å²) in [7, 11) is 0. The van der Waals surface area contributed by atoms with Gasteiger partial charge < -0.3 is 10.1 Å². The van der Waals surface area contributed by atoms with Gasteiger partial charge in [0.25, 0.3) is 0 Å². The smallest absolute Gasteiger partial charge is 0.237 e. The molecule has 0 atom stereocenters. The Balaban J connectivity index is 2.06. The van der Waals surface area contributed by atoms with Crippen molar-refractivity contribution >= 4 is 44.6 Å². The van der Waals surface area contributed by atoms with Crippen LogP contribution in [-0.2, 0) is 6.54 Å². The SMILES string of the molecule is CC(C)Oc1ncccc1NCc1cc(Br)c(Cl)s1. The third-order valence-electron chi connectivity index (χ3n) is 2.27. The number of halogens is 2. The minimum atomic E-state index is 0.0979. The molecule has 2 heterocycles. The van der Waals surface area contributed by atoms with Crippen molar-refractivity contribution in [2.24, 2.45) is 0 Å². The van der Waals surface area contributed by atoms with Gasteiger partial charge in [0.1, 0.15) is 4.34 Å². The van der Waals surface area contributed by atoms with Crippen LogP contribution in [-0.4, -0.2) is 11.1 Å². The number of anilines is 1. The Morgan fingerprint density at radius 2 is 2.32 bits per heavy atom. The Morgan fingerprint density at radius 1 is 1.53 bits per heavy atom. The average molecular weight is 362 g/mol. The lowest BCUT2D eigenvalue weighted by Gasteiger charge is -2.13. The quantitative estimate of drug-likeness (QED) is 0.817. The molecule has 3 nitrogen and oxygen atoms in total. The second kappa shape index (κ2) is 6.59. The highest BCUT2D eigenvalue weighted by Crippen LogP contribution is 2.32. The molecule has 0 bridgehead atoms. The van der Waals surface area contributed by atoms with Gasteiger partial charge in [-0.25, -0.2) is 4.98 Å². The van der Waals surface area contributed by atoms with E-state index >= 15 is 0 Å². The Morgan fingerprint density at radius 3 is 2.95 bits per heavy atom. The molecule has 2 rings (SSSR count). The first-order valence-electron chi connectivity index (χ1n) is 5.85. The number of nitrogens with zero attached hydrogens (tertiary/aromatic N) is 1. The highest BCUT2D eigenvalue weighted by atomic mass is 79.9. The van der Waals surface area contributed by atoms with Crippen LogP contribution in [0.2, 0.25) is 4.34 Å². The Hall–Kier alpha value is -0.780. The maximum Gasteiger partial charge on any atom is 0.237 e. The van der Waals surface area contributed by atoms with Gasteiger partial charge in [0, 0.05) is 22.1 Å². The molecule has 1 N–H and O–H groups in total. The largest absolute Gasteiger partial charge is 0.473 e. The van der Waals surface area contributed by atoms with Crippen LogP contribution in [0.15, 0.2) is 28.9 Å². The zero-order chi connectivity index (χ0) is 13.8. The van der Waals surface area contributed by atoms with Crippen molar-refractivity contribution in [1.29, 1.82) is 0 Å². The van der Waals surface area contributed by atoms with Gasteiger partial charge in [-0.1, -0.05) is 11.6 Å². The van der Waals surface area contributed by atoms with Crippen molar-refractivity contribution < 1.29 is 4.74 Å². The molecule has 0 unspecified atom stereocenters. The van der Waals surface area contributed by atoms with Gasteiger partial charge in [0.15, 0.2) is 0 Å². The zero-order valence-electron chi connectivity index (χ0n) is 10.6. The number of aromatic nitrogens is 1. The van der Waals surface area contributed by atoms with E-state index in [1.807, 2.05) is 32.0 Å². The van der Waals surface area contributed by atoms with Crippen molar-refractivity contribution in [2.45, 2.75) is 26.5 Å². The molecule has 0 aliphatic rings. The molecule has 0 aliphatic carbocycles. The first-order chi connectivity index (χ1) is 9.06. The molecule has 0 spiro atoms. The van der Waals surface area contributed by atoms with Crippen LogP contribution in [0, 0.1) is 0 Å². The summed E-state index contributed by atoms with van der Waals surface area (Å²) in [5.41, 5.74) is 0.886. The number of rotatable bonds is 5. The second-order valence-corrected chi connectivity index (χ2v) is 6.80. The first kappa shape index (κ1) is 14.6. The van der Waals surface area contributed by atoms with E-state index in [1.54, 1.807) is 17.5 Å². The van der Waals surface area contributed by atoms with Crippen molar-refractivity contribution in [3.05, 3.63) is 38.1 Å². The maximum absolute atomic E-state index is 6.02. The predicted molar refractivity (Wildman–Crippen MR) is 84.4 cm³/mol. The minimum absolute atomic E-state index is 0.0979. The third kappa shape index (κ3) is 4.09. The average Bonchev–Trinajstić information content (AvgIpc) is 2.67. The van der Waals surface area contributed by atoms with Gasteiger partial charge in [-0.2, -0.15) is 0 Å². The van der Waals surface area contributed by atoms with Crippen LogP contribution in [0.25, 0.3) is 0 Å². The number of hydrogen-bond donors (Lipinski definition) is 1. The van der Waals surface area contributed by atoms with Gasteiger partial charge in [0.2, 0.25) is 5.88 Å². The van der Waals surface area contributed by atoms with E-state index in [1.165, 1.54) is 0 Å². The maximum atomic E-state index is 6.02. The van der Waals surface area contributed by atoms with E-state index in [-0.39, 0.29) is 6.10 Å². The molecule has 0 fully saturated rings. The Kier molecular flexibility index (Phi) is 5.07. The van der Waals surface area contributed by atoms with E-state index in [2.05, 4.69) is 26.2 Å². The number of nitrogens with one attached hydrogen (secondary N) is 1. The second-order valence-electron chi connectivity index (χ2n) is 4.21. The summed E-state index contributed by atoms with van der Waals surface area (Å²) in [5, 5.41) is 3.32. The lowest BCUT2D eigenvalue weighted by Crippen LogP contribution is -2.09. The van der Waals surface area contributed by atoms with Crippen LogP contribution < -0.4 is 10.1 Å². The highest BCUT2D eigenvalue weighted by molar-refractivity contribution is 9.10. The Bertz CT molecular complexity index is 540. The van der Waals surface area contributed by atoms with Gasteiger partial charge >= 0.3 is 0 Å². The third-order valence-corrected chi connectivity index (χ3v) is 4.74. The van der Waals surface area contributed by atoms with E-state index in [9.17, 15) is 0 Å². The number of ether oxygens (including phenoxy) is 1. The predicted octanol–water partition coefficient (Wildman–Crippen LogP) is 4.96. The van der Waals surface area contributed by atoms with Crippen molar-refractivity contribution in [3.63, 3.8) is 0 Å². The van der Waals surface area contributed by atoms with Crippen molar-refractivity contribution in [3.8, 4) is 5.88 Å². The summed E-state index contributed by atoms with van der Waals surface area (Å²) in [4.78, 5) is 5.39. The van der Waals surface area contributed by atoms with E-state index in [4.69, 9.17) is 16.3 Å². The van der Waals surface area contributed by atoms with E-state index < -0.39 is 0 Å². The summed E-state index contributed by atoms with van der Waals surface area (Å²) < 4.78 is 7.35. The van der Waals surface area contributed by atoms with Gasteiger partial charge in [-0.15, -0.1) is 11.3 Å². The summed E-state index contributed by atoms with van der Waals surface area (Å²) in [6, 6.07) is 5.85. The number of hydrogen-bond acceptors (Lipinski definition) is 4. The lowest BCUT2D eigenvalue weighted by atomic mass is 10.3. The van der Waals surface area contributed by atoms with E-state index in [0.717, 1.165) is 19.4 Å². The minimum Gasteiger partial charge on any atom is -0.473 e. The highest BCUT2D eigenvalue weighted by Gasteiger charge is 2.08. The van der Waals surface area contributed by atoms with Gasteiger partial charge in [0.05, 0.1) is 11.8 Å². The summed E-state index contributed by atoms with van der Waals surface area (Å²) >= 11 is 11.0. The molecule has 2 aromatic heterocycles. The van der Waals surface area contributed by atoms with Crippen LogP contribution in [0.3, 0.4) is 0 Å². The molecule has 6 heteroatoms. The fourth-order valence-electron chi connectivity index (χ4n) is 1.50. The fourth-order valence-corrected chi connectivity index (χ4v) is 3.23. The Labute approximate surface area is 130 Å². The topological polar surface area (TPSA) is 34.1 Å². The van der Waals surface area contributed by atoms with Crippen LogP contribution in [0.1, 0.15) is 18.7 Å². The molecule has 0 amide bonds. The van der Waals surface area contributed by atoms with Gasteiger partial charge in [-0.05, 0) is 48.0 Å². The van der Waals surface area contributed by atoms with E-state index in [0.29, 0.717) is 12.4 Å². The van der Waals surface area contributed by atoms with Crippen LogP contribution in [0.4, 0.5) is 5.69 Å². The normalized spacial score (nSPS) is 10.8. The fraction of sp³-hybridized carbons (Fsp3) is 0.308.